The molecule has 0 bridgehead atoms. The Kier molecular flexibility index (Phi) is 5.34. The number of amides is 1. The number of rotatable bonds is 6. The van der Waals surface area contributed by atoms with Crippen molar-refractivity contribution in [3.63, 3.8) is 0 Å². The van der Waals surface area contributed by atoms with Crippen molar-refractivity contribution in [2.45, 2.75) is 46.7 Å². The zero-order chi connectivity index (χ0) is 13.7. The highest BCUT2D eigenvalue weighted by Gasteiger charge is 2.16. The normalized spacial score (nSPS) is 12.5. The van der Waals surface area contributed by atoms with Crippen molar-refractivity contribution in [3.05, 3.63) is 17.0 Å². The van der Waals surface area contributed by atoms with Crippen molar-refractivity contribution in [1.29, 1.82) is 0 Å². The molecule has 5 heteroatoms. The Balaban J connectivity index is 2.64. The van der Waals surface area contributed by atoms with Gasteiger partial charge >= 0.3 is 0 Å². The van der Waals surface area contributed by atoms with Gasteiger partial charge in [-0.2, -0.15) is 5.10 Å². The third-order valence-corrected chi connectivity index (χ3v) is 3.25. The van der Waals surface area contributed by atoms with Gasteiger partial charge in [0.2, 0.25) is 5.91 Å². The van der Waals surface area contributed by atoms with Gasteiger partial charge in [0.15, 0.2) is 0 Å². The summed E-state index contributed by atoms with van der Waals surface area (Å²) in [6, 6.07) is 0.218. The van der Waals surface area contributed by atoms with Crippen molar-refractivity contribution in [2.24, 2.45) is 0 Å². The average molecular weight is 252 g/mol. The van der Waals surface area contributed by atoms with Crippen LogP contribution in [0.5, 0.6) is 0 Å². The Bertz CT molecular complexity index is 411. The van der Waals surface area contributed by atoms with Gasteiger partial charge < -0.3 is 10.6 Å². The van der Waals surface area contributed by atoms with Gasteiger partial charge in [-0.1, -0.05) is 0 Å². The number of nitrogens with one attached hydrogen (secondary N) is 2. The molecular weight excluding hydrogens is 228 g/mol. The molecule has 0 aliphatic rings. The van der Waals surface area contributed by atoms with Crippen molar-refractivity contribution >= 4 is 5.91 Å². The van der Waals surface area contributed by atoms with Crippen LogP contribution in [0.2, 0.25) is 0 Å². The van der Waals surface area contributed by atoms with E-state index in [9.17, 15) is 4.79 Å². The van der Waals surface area contributed by atoms with Crippen molar-refractivity contribution in [1.82, 2.24) is 20.4 Å². The fourth-order valence-electron chi connectivity index (χ4n) is 2.27. The molecule has 1 unspecified atom stereocenters. The molecule has 18 heavy (non-hydrogen) atoms. The minimum Gasteiger partial charge on any atom is -0.359 e. The quantitative estimate of drug-likeness (QED) is 0.802. The molecule has 0 aliphatic carbocycles. The Morgan fingerprint density at radius 1 is 1.44 bits per heavy atom. The molecule has 102 valence electrons. The van der Waals surface area contributed by atoms with E-state index in [0.29, 0.717) is 13.0 Å². The predicted molar refractivity (Wildman–Crippen MR) is 72.5 cm³/mol. The van der Waals surface area contributed by atoms with E-state index >= 15 is 0 Å². The lowest BCUT2D eigenvalue weighted by Crippen LogP contribution is -2.27. The van der Waals surface area contributed by atoms with Crippen LogP contribution < -0.4 is 10.6 Å². The number of carbonyl (C=O) groups excluding carboxylic acids is 1. The summed E-state index contributed by atoms with van der Waals surface area (Å²) in [5.74, 6) is 0.0624. The molecule has 1 rings (SSSR count). The Morgan fingerprint density at radius 3 is 2.61 bits per heavy atom. The van der Waals surface area contributed by atoms with Crippen LogP contribution in [0, 0.1) is 13.8 Å². The van der Waals surface area contributed by atoms with Crippen LogP contribution in [0.3, 0.4) is 0 Å². The molecule has 1 amide bonds. The van der Waals surface area contributed by atoms with Crippen LogP contribution in [0.25, 0.3) is 0 Å². The molecule has 0 radical (unpaired) electrons. The van der Waals surface area contributed by atoms with E-state index in [0.717, 1.165) is 12.2 Å². The van der Waals surface area contributed by atoms with Gasteiger partial charge in [-0.3, -0.25) is 9.48 Å². The third-order valence-electron chi connectivity index (χ3n) is 3.25. The number of aromatic nitrogens is 2. The van der Waals surface area contributed by atoms with E-state index < -0.39 is 0 Å². The highest BCUT2D eigenvalue weighted by atomic mass is 16.1. The third kappa shape index (κ3) is 3.32. The van der Waals surface area contributed by atoms with Crippen LogP contribution in [0.4, 0.5) is 0 Å². The molecule has 2 N–H and O–H groups in total. The average Bonchev–Trinajstić information content (AvgIpc) is 2.63. The fourth-order valence-corrected chi connectivity index (χ4v) is 2.27. The summed E-state index contributed by atoms with van der Waals surface area (Å²) >= 11 is 0. The minimum absolute atomic E-state index is 0.0624. The maximum Gasteiger partial charge on any atom is 0.221 e. The fraction of sp³-hybridized carbons (Fsp3) is 0.692. The van der Waals surface area contributed by atoms with E-state index in [1.165, 1.54) is 11.3 Å². The van der Waals surface area contributed by atoms with Crippen LogP contribution in [0.1, 0.15) is 43.3 Å². The molecule has 0 saturated heterocycles. The monoisotopic (exact) mass is 252 g/mol. The summed E-state index contributed by atoms with van der Waals surface area (Å²) in [7, 11) is 1.66. The molecule has 1 atom stereocenters. The van der Waals surface area contributed by atoms with Gasteiger partial charge in [-0.15, -0.1) is 0 Å². The van der Waals surface area contributed by atoms with E-state index in [1.54, 1.807) is 7.05 Å². The smallest absolute Gasteiger partial charge is 0.221 e. The Hall–Kier alpha value is -1.36. The first-order valence-corrected chi connectivity index (χ1v) is 6.49. The second-order valence-corrected chi connectivity index (χ2v) is 4.50. The highest BCUT2D eigenvalue weighted by molar-refractivity contribution is 5.75. The number of aryl methyl sites for hydroxylation is 2. The zero-order valence-electron chi connectivity index (χ0n) is 12.0. The standard InChI is InChI=1S/C13H24N4O/c1-6-17-11(4)13(10(3)16-17)9(2)15-8-7-12(18)14-5/h9,15H,6-8H2,1-5H3,(H,14,18). The lowest BCUT2D eigenvalue weighted by molar-refractivity contribution is -0.120. The molecule has 1 aromatic heterocycles. The summed E-state index contributed by atoms with van der Waals surface area (Å²) < 4.78 is 2.02. The van der Waals surface area contributed by atoms with Gasteiger partial charge in [-0.25, -0.2) is 0 Å². The van der Waals surface area contributed by atoms with Gasteiger partial charge in [0.05, 0.1) is 5.69 Å². The van der Waals surface area contributed by atoms with Gasteiger partial charge in [0.25, 0.3) is 0 Å². The van der Waals surface area contributed by atoms with Gasteiger partial charge in [0, 0.05) is 43.9 Å². The number of nitrogens with zero attached hydrogens (tertiary/aromatic N) is 2. The van der Waals surface area contributed by atoms with E-state index in [4.69, 9.17) is 0 Å². The van der Waals surface area contributed by atoms with Crippen molar-refractivity contribution in [3.8, 4) is 0 Å². The first-order chi connectivity index (χ1) is 8.51. The van der Waals surface area contributed by atoms with E-state index in [2.05, 4.69) is 36.5 Å². The lowest BCUT2D eigenvalue weighted by Gasteiger charge is -2.14. The maximum absolute atomic E-state index is 11.1. The van der Waals surface area contributed by atoms with Crippen LogP contribution >= 0.6 is 0 Å². The summed E-state index contributed by atoms with van der Waals surface area (Å²) in [4.78, 5) is 11.1. The molecule has 0 saturated carbocycles. The number of hydrogen-bond donors (Lipinski definition) is 2. The molecule has 1 aromatic rings. The molecule has 5 nitrogen and oxygen atoms in total. The number of hydrogen-bond acceptors (Lipinski definition) is 3. The lowest BCUT2D eigenvalue weighted by atomic mass is 10.1. The highest BCUT2D eigenvalue weighted by Crippen LogP contribution is 2.21. The summed E-state index contributed by atoms with van der Waals surface area (Å²) in [5, 5.41) is 10.5. The summed E-state index contributed by atoms with van der Waals surface area (Å²) in [6.07, 6.45) is 0.501. The SMILES string of the molecule is CCn1nc(C)c(C(C)NCCC(=O)NC)c1C. The second-order valence-electron chi connectivity index (χ2n) is 4.50. The van der Waals surface area contributed by atoms with E-state index in [-0.39, 0.29) is 11.9 Å². The number of carbonyl (C=O) groups is 1. The predicted octanol–water partition coefficient (Wildman–Crippen LogP) is 1.31. The topological polar surface area (TPSA) is 59.0 Å². The van der Waals surface area contributed by atoms with Crippen LogP contribution in [0.15, 0.2) is 0 Å². The zero-order valence-corrected chi connectivity index (χ0v) is 12.0. The minimum atomic E-state index is 0.0624. The van der Waals surface area contributed by atoms with Gasteiger partial charge in [-0.05, 0) is 27.7 Å². The molecular formula is C13H24N4O. The summed E-state index contributed by atoms with van der Waals surface area (Å²) in [5.41, 5.74) is 3.51. The summed E-state index contributed by atoms with van der Waals surface area (Å²) in [6.45, 7) is 9.89. The Labute approximate surface area is 109 Å². The van der Waals surface area contributed by atoms with E-state index in [1.807, 2.05) is 11.6 Å². The van der Waals surface area contributed by atoms with Crippen LogP contribution in [-0.4, -0.2) is 29.3 Å². The molecule has 0 fully saturated rings. The molecule has 0 spiro atoms. The molecule has 1 heterocycles. The Morgan fingerprint density at radius 2 is 2.11 bits per heavy atom. The molecule has 0 aliphatic heterocycles. The molecule has 0 aromatic carbocycles. The first kappa shape index (κ1) is 14.7. The van der Waals surface area contributed by atoms with Crippen molar-refractivity contribution in [2.75, 3.05) is 13.6 Å². The van der Waals surface area contributed by atoms with Crippen LogP contribution in [-0.2, 0) is 11.3 Å². The maximum atomic E-state index is 11.1. The van der Waals surface area contributed by atoms with Gasteiger partial charge in [0.1, 0.15) is 0 Å². The first-order valence-electron chi connectivity index (χ1n) is 6.49. The second kappa shape index (κ2) is 6.54. The van der Waals surface area contributed by atoms with Crippen molar-refractivity contribution < 1.29 is 4.79 Å². The largest absolute Gasteiger partial charge is 0.359 e.